The maximum absolute atomic E-state index is 11.7. The summed E-state index contributed by atoms with van der Waals surface area (Å²) in [5.41, 5.74) is 0. The third kappa shape index (κ3) is 3.84. The fraction of sp³-hybridized carbons (Fsp3) is 0.333. The molecule has 0 aliphatic carbocycles. The van der Waals surface area contributed by atoms with Crippen LogP contribution in [0, 0.1) is 0 Å². The van der Waals surface area contributed by atoms with Gasteiger partial charge >= 0.3 is 5.97 Å². The van der Waals surface area contributed by atoms with Gasteiger partial charge in [-0.25, -0.2) is 0 Å². The Morgan fingerprint density at radius 1 is 1.47 bits per heavy atom. The van der Waals surface area contributed by atoms with Crippen molar-refractivity contribution in [3.05, 3.63) is 18.7 Å². The Morgan fingerprint density at radius 2 is 2.12 bits per heavy atom. The van der Waals surface area contributed by atoms with E-state index in [1.807, 2.05) is 0 Å². The quantitative estimate of drug-likeness (QED) is 0.839. The topological polar surface area (TPSA) is 55.4 Å². The van der Waals surface area contributed by atoms with Crippen LogP contribution in [0.5, 0.6) is 0 Å². The Kier molecular flexibility index (Phi) is 5.72. The number of amides is 1. The van der Waals surface area contributed by atoms with E-state index in [0.29, 0.717) is 13.7 Å². The molecule has 0 aromatic carbocycles. The zero-order valence-corrected chi connectivity index (χ0v) is 12.6. The van der Waals surface area contributed by atoms with Crippen molar-refractivity contribution in [2.45, 2.75) is 6.92 Å². The Hall–Kier alpha value is -0.300. The van der Waals surface area contributed by atoms with Gasteiger partial charge in [-0.3, -0.25) is 9.59 Å². The highest BCUT2D eigenvalue weighted by atomic mass is 79.9. The van der Waals surface area contributed by atoms with Crippen LogP contribution in [-0.2, 0) is 9.53 Å². The predicted molar refractivity (Wildman–Crippen MR) is 71.0 cm³/mol. The largest absolute Gasteiger partial charge is 0.465 e. The van der Waals surface area contributed by atoms with Gasteiger partial charge in [-0.1, -0.05) is 23.2 Å². The SMILES string of the molecule is CCOC(=O)CNC(=O)c1sc(Cl)c(Cl)c1Br. The summed E-state index contributed by atoms with van der Waals surface area (Å²) in [5, 5.41) is 2.70. The Labute approximate surface area is 120 Å². The minimum absolute atomic E-state index is 0.188. The molecule has 1 aromatic heterocycles. The first kappa shape index (κ1) is 14.8. The summed E-state index contributed by atoms with van der Waals surface area (Å²) >= 11 is 15.8. The standard InChI is InChI=1S/C9H8BrCl2NO3S/c1-2-16-4(14)3-13-9(15)7-5(10)6(11)8(12)17-7/h2-3H2,1H3,(H,13,15). The second-order valence-electron chi connectivity index (χ2n) is 2.82. The van der Waals surface area contributed by atoms with Crippen LogP contribution in [0.25, 0.3) is 0 Å². The molecular weight excluding hydrogens is 353 g/mol. The van der Waals surface area contributed by atoms with Crippen molar-refractivity contribution >= 4 is 62.3 Å². The van der Waals surface area contributed by atoms with Crippen LogP contribution >= 0.6 is 50.5 Å². The van der Waals surface area contributed by atoms with Gasteiger partial charge in [0.1, 0.15) is 15.8 Å². The first-order valence-electron chi connectivity index (χ1n) is 4.54. The van der Waals surface area contributed by atoms with E-state index in [9.17, 15) is 9.59 Å². The molecule has 0 spiro atoms. The van der Waals surface area contributed by atoms with Crippen molar-refractivity contribution in [3.63, 3.8) is 0 Å². The highest BCUT2D eigenvalue weighted by Gasteiger charge is 2.19. The van der Waals surface area contributed by atoms with Gasteiger partial charge in [0.2, 0.25) is 0 Å². The minimum atomic E-state index is -0.495. The molecule has 94 valence electrons. The van der Waals surface area contributed by atoms with Crippen molar-refractivity contribution < 1.29 is 14.3 Å². The van der Waals surface area contributed by atoms with Crippen LogP contribution in [0.15, 0.2) is 4.47 Å². The molecule has 1 N–H and O–H groups in total. The summed E-state index contributed by atoms with van der Waals surface area (Å²) in [4.78, 5) is 23.0. The van der Waals surface area contributed by atoms with Crippen molar-refractivity contribution in [1.82, 2.24) is 5.32 Å². The van der Waals surface area contributed by atoms with Crippen LogP contribution in [0.4, 0.5) is 0 Å². The monoisotopic (exact) mass is 359 g/mol. The summed E-state index contributed by atoms with van der Waals surface area (Å²) in [5.74, 6) is -0.922. The van der Waals surface area contributed by atoms with Crippen LogP contribution in [0.2, 0.25) is 9.36 Å². The van der Waals surface area contributed by atoms with Gasteiger partial charge < -0.3 is 10.1 Å². The lowest BCUT2D eigenvalue weighted by Gasteiger charge is -2.03. The van der Waals surface area contributed by atoms with E-state index in [0.717, 1.165) is 11.3 Å². The summed E-state index contributed by atoms with van der Waals surface area (Å²) < 4.78 is 5.42. The third-order valence-corrected chi connectivity index (χ3v) is 4.93. The first-order valence-corrected chi connectivity index (χ1v) is 6.91. The number of carbonyl (C=O) groups is 2. The lowest BCUT2D eigenvalue weighted by atomic mass is 10.4. The van der Waals surface area contributed by atoms with Crippen LogP contribution in [0.1, 0.15) is 16.6 Å². The van der Waals surface area contributed by atoms with Gasteiger partial charge in [0.25, 0.3) is 5.91 Å². The predicted octanol–water partition coefficient (Wildman–Crippen LogP) is 3.11. The summed E-state index contributed by atoms with van der Waals surface area (Å²) in [6, 6.07) is 0. The minimum Gasteiger partial charge on any atom is -0.465 e. The number of nitrogens with one attached hydrogen (secondary N) is 1. The van der Waals surface area contributed by atoms with Gasteiger partial charge in [0.15, 0.2) is 0 Å². The summed E-state index contributed by atoms with van der Waals surface area (Å²) in [6.07, 6.45) is 0. The van der Waals surface area contributed by atoms with Crippen LogP contribution in [-0.4, -0.2) is 25.0 Å². The maximum atomic E-state index is 11.7. The second-order valence-corrected chi connectivity index (χ2v) is 5.61. The molecule has 8 heteroatoms. The average Bonchev–Trinajstić information content (AvgIpc) is 2.54. The number of hydrogen-bond donors (Lipinski definition) is 1. The lowest BCUT2D eigenvalue weighted by molar-refractivity contribution is -0.141. The zero-order chi connectivity index (χ0) is 13.0. The number of rotatable bonds is 4. The molecule has 1 heterocycles. The molecule has 0 unspecified atom stereocenters. The molecule has 17 heavy (non-hydrogen) atoms. The van der Waals surface area contributed by atoms with Gasteiger partial charge in [0, 0.05) is 0 Å². The number of carbonyl (C=O) groups excluding carboxylic acids is 2. The number of halogens is 3. The Morgan fingerprint density at radius 3 is 2.59 bits per heavy atom. The molecule has 1 amide bonds. The molecular formula is C9H8BrCl2NO3S. The van der Waals surface area contributed by atoms with E-state index in [-0.39, 0.29) is 18.2 Å². The average molecular weight is 361 g/mol. The lowest BCUT2D eigenvalue weighted by Crippen LogP contribution is -2.30. The number of ether oxygens (including phenoxy) is 1. The Bertz CT molecular complexity index is 450. The van der Waals surface area contributed by atoms with Crippen molar-refractivity contribution in [1.29, 1.82) is 0 Å². The molecule has 1 rings (SSSR count). The molecule has 0 saturated carbocycles. The van der Waals surface area contributed by atoms with E-state index in [1.165, 1.54) is 0 Å². The smallest absolute Gasteiger partial charge is 0.325 e. The van der Waals surface area contributed by atoms with E-state index in [1.54, 1.807) is 6.92 Å². The molecule has 0 bridgehead atoms. The van der Waals surface area contributed by atoms with Crippen molar-refractivity contribution in [2.24, 2.45) is 0 Å². The van der Waals surface area contributed by atoms with E-state index >= 15 is 0 Å². The molecule has 0 aliphatic heterocycles. The van der Waals surface area contributed by atoms with E-state index < -0.39 is 11.9 Å². The highest BCUT2D eigenvalue weighted by Crippen LogP contribution is 2.40. The molecule has 0 fully saturated rings. The highest BCUT2D eigenvalue weighted by molar-refractivity contribution is 9.10. The normalized spacial score (nSPS) is 10.1. The zero-order valence-electron chi connectivity index (χ0n) is 8.68. The molecule has 0 atom stereocenters. The third-order valence-electron chi connectivity index (χ3n) is 1.66. The van der Waals surface area contributed by atoms with E-state index in [2.05, 4.69) is 26.0 Å². The summed E-state index contributed by atoms with van der Waals surface area (Å²) in [6.45, 7) is 1.77. The van der Waals surface area contributed by atoms with Crippen molar-refractivity contribution in [2.75, 3.05) is 13.2 Å². The molecule has 1 aromatic rings. The molecule has 4 nitrogen and oxygen atoms in total. The van der Waals surface area contributed by atoms with Crippen LogP contribution < -0.4 is 5.32 Å². The maximum Gasteiger partial charge on any atom is 0.325 e. The Balaban J connectivity index is 2.64. The van der Waals surface area contributed by atoms with Gasteiger partial charge in [-0.15, -0.1) is 11.3 Å². The second kappa shape index (κ2) is 6.58. The van der Waals surface area contributed by atoms with Gasteiger partial charge in [-0.05, 0) is 22.9 Å². The van der Waals surface area contributed by atoms with Crippen molar-refractivity contribution in [3.8, 4) is 0 Å². The number of hydrogen-bond acceptors (Lipinski definition) is 4. The van der Waals surface area contributed by atoms with Gasteiger partial charge in [0.05, 0.1) is 16.1 Å². The molecule has 0 aliphatic rings. The number of esters is 1. The first-order chi connectivity index (χ1) is 7.97. The molecule has 0 radical (unpaired) electrons. The fourth-order valence-electron chi connectivity index (χ4n) is 0.956. The van der Waals surface area contributed by atoms with Crippen LogP contribution in [0.3, 0.4) is 0 Å². The molecule has 0 saturated heterocycles. The van der Waals surface area contributed by atoms with E-state index in [4.69, 9.17) is 23.2 Å². The number of thiophene rings is 1. The van der Waals surface area contributed by atoms with Gasteiger partial charge in [-0.2, -0.15) is 0 Å². The summed E-state index contributed by atoms with van der Waals surface area (Å²) in [7, 11) is 0. The fourth-order valence-corrected chi connectivity index (χ4v) is 3.14.